The second kappa shape index (κ2) is 16.0. The van der Waals surface area contributed by atoms with Gasteiger partial charge in [-0.05, 0) is 73.6 Å². The molecule has 1 aliphatic heterocycles. The van der Waals surface area contributed by atoms with Gasteiger partial charge in [-0.15, -0.1) is 0 Å². The summed E-state index contributed by atoms with van der Waals surface area (Å²) < 4.78 is 32.7. The number of nitrogens with zero attached hydrogens (tertiary/aromatic N) is 2. The first kappa shape index (κ1) is 32.7. The van der Waals surface area contributed by atoms with Gasteiger partial charge in [0.25, 0.3) is 0 Å². The summed E-state index contributed by atoms with van der Waals surface area (Å²) in [5, 5.41) is 3.58. The summed E-state index contributed by atoms with van der Waals surface area (Å²) in [5.41, 5.74) is 2.40. The number of rotatable bonds is 15. The molecule has 0 saturated carbocycles. The molecule has 10 heteroatoms. The fourth-order valence-electron chi connectivity index (χ4n) is 5.15. The number of sulfonamides is 1. The molecule has 3 aromatic carbocycles. The molecule has 1 aliphatic rings. The van der Waals surface area contributed by atoms with Crippen molar-refractivity contribution in [2.45, 2.75) is 56.5 Å². The van der Waals surface area contributed by atoms with Crippen molar-refractivity contribution in [2.75, 3.05) is 32.8 Å². The highest BCUT2D eigenvalue weighted by atomic mass is 35.5. The fourth-order valence-corrected chi connectivity index (χ4v) is 6.79. The Hall–Kier alpha value is -3.24. The zero-order valence-electron chi connectivity index (χ0n) is 24.6. The van der Waals surface area contributed by atoms with Crippen LogP contribution in [-0.2, 0) is 37.3 Å². The molecule has 1 heterocycles. The van der Waals surface area contributed by atoms with Crippen molar-refractivity contribution in [2.24, 2.45) is 0 Å². The molecular formula is C33H40ClN3O5S. The van der Waals surface area contributed by atoms with E-state index in [4.69, 9.17) is 16.3 Å². The van der Waals surface area contributed by atoms with E-state index < -0.39 is 16.1 Å². The molecule has 0 radical (unpaired) electrons. The van der Waals surface area contributed by atoms with Crippen molar-refractivity contribution < 1.29 is 22.7 Å². The van der Waals surface area contributed by atoms with Gasteiger partial charge in [0, 0.05) is 50.8 Å². The summed E-state index contributed by atoms with van der Waals surface area (Å²) in [7, 11) is -3.51. The number of benzene rings is 3. The van der Waals surface area contributed by atoms with Crippen molar-refractivity contribution in [3.63, 3.8) is 0 Å². The van der Waals surface area contributed by atoms with Gasteiger partial charge in [0.15, 0.2) is 0 Å². The lowest BCUT2D eigenvalue weighted by Crippen LogP contribution is -2.43. The summed E-state index contributed by atoms with van der Waals surface area (Å²) >= 11 is 6.11. The molecule has 2 amide bonds. The minimum absolute atomic E-state index is 0.146. The van der Waals surface area contributed by atoms with Crippen LogP contribution in [0.3, 0.4) is 0 Å². The van der Waals surface area contributed by atoms with Crippen LogP contribution in [0.25, 0.3) is 0 Å². The van der Waals surface area contributed by atoms with Gasteiger partial charge < -0.3 is 15.0 Å². The summed E-state index contributed by atoms with van der Waals surface area (Å²) in [6.45, 7) is 4.82. The minimum Gasteiger partial charge on any atom is -0.382 e. The molecule has 230 valence electrons. The Kier molecular flexibility index (Phi) is 12.2. The molecule has 1 fully saturated rings. The number of halogens is 1. The van der Waals surface area contributed by atoms with Crippen LogP contribution < -0.4 is 5.32 Å². The maximum Gasteiger partial charge on any atom is 0.247 e. The van der Waals surface area contributed by atoms with Crippen LogP contribution >= 0.6 is 11.6 Å². The maximum absolute atomic E-state index is 13.9. The topological polar surface area (TPSA) is 96.0 Å². The van der Waals surface area contributed by atoms with E-state index in [1.54, 1.807) is 41.3 Å². The van der Waals surface area contributed by atoms with Crippen molar-refractivity contribution >= 4 is 33.4 Å². The second-order valence-corrected chi connectivity index (χ2v) is 12.9. The Labute approximate surface area is 260 Å². The Bertz CT molecular complexity index is 1430. The molecule has 43 heavy (non-hydrogen) atoms. The number of nitrogens with one attached hydrogen (secondary N) is 1. The molecule has 1 atom stereocenters. The quantitative estimate of drug-likeness (QED) is 0.229. The summed E-state index contributed by atoms with van der Waals surface area (Å²) in [4.78, 5) is 29.4. The largest absolute Gasteiger partial charge is 0.382 e. The first-order chi connectivity index (χ1) is 20.8. The van der Waals surface area contributed by atoms with Gasteiger partial charge in [-0.3, -0.25) is 9.59 Å². The lowest BCUT2D eigenvalue weighted by Gasteiger charge is -2.32. The number of aryl methyl sites for hydroxylation is 1. The van der Waals surface area contributed by atoms with Crippen molar-refractivity contribution in [1.29, 1.82) is 0 Å². The van der Waals surface area contributed by atoms with Crippen molar-refractivity contribution in [3.8, 4) is 0 Å². The molecule has 0 aliphatic carbocycles. The van der Waals surface area contributed by atoms with Crippen LogP contribution in [-0.4, -0.2) is 62.3 Å². The average molecular weight is 626 g/mol. The van der Waals surface area contributed by atoms with E-state index in [1.807, 2.05) is 49.4 Å². The normalized spacial score (nSPS) is 14.4. The lowest BCUT2D eigenvalue weighted by atomic mass is 10.0. The average Bonchev–Trinajstić information content (AvgIpc) is 3.58. The van der Waals surface area contributed by atoms with Crippen LogP contribution in [0, 0.1) is 0 Å². The fraction of sp³-hybridized carbons (Fsp3) is 0.394. The van der Waals surface area contributed by atoms with E-state index in [2.05, 4.69) is 5.32 Å². The minimum atomic E-state index is -3.51. The van der Waals surface area contributed by atoms with Crippen molar-refractivity contribution in [3.05, 3.63) is 101 Å². The summed E-state index contributed by atoms with van der Waals surface area (Å²) in [6, 6.07) is 22.4. The Morgan fingerprint density at radius 3 is 2.26 bits per heavy atom. The van der Waals surface area contributed by atoms with Gasteiger partial charge >= 0.3 is 0 Å². The first-order valence-electron chi connectivity index (χ1n) is 14.8. The second-order valence-electron chi connectivity index (χ2n) is 10.6. The number of carbonyl (C=O) groups is 2. The number of amides is 2. The zero-order valence-corrected chi connectivity index (χ0v) is 26.2. The van der Waals surface area contributed by atoms with E-state index in [-0.39, 0.29) is 29.7 Å². The first-order valence-corrected chi connectivity index (χ1v) is 16.6. The molecular weight excluding hydrogens is 586 g/mol. The smallest absolute Gasteiger partial charge is 0.247 e. The molecule has 1 saturated heterocycles. The summed E-state index contributed by atoms with van der Waals surface area (Å²) in [6.07, 6.45) is 2.96. The Balaban J connectivity index is 1.53. The lowest BCUT2D eigenvalue weighted by molar-refractivity contribution is -0.141. The highest BCUT2D eigenvalue weighted by Gasteiger charge is 2.31. The molecule has 1 N–H and O–H groups in total. The number of hydrogen-bond acceptors (Lipinski definition) is 5. The van der Waals surface area contributed by atoms with E-state index in [1.165, 1.54) is 4.31 Å². The third-order valence-corrected chi connectivity index (χ3v) is 9.65. The highest BCUT2D eigenvalue weighted by Crippen LogP contribution is 2.26. The maximum atomic E-state index is 13.9. The van der Waals surface area contributed by atoms with Gasteiger partial charge in [-0.1, -0.05) is 66.2 Å². The van der Waals surface area contributed by atoms with Crippen LogP contribution in [0.1, 0.15) is 55.3 Å². The standard InChI is InChI=1S/C33H40ClN3O5S/c1-2-42-24-8-21-35-33(39)32(28-9-4-3-5-10-28)37(25-27-11-16-29(34)17-12-27)31(38)20-15-26-13-18-30(19-14-26)43(40,41)36-22-6-7-23-36/h3-5,9-14,16-19,32H,2,6-8,15,20-25H2,1H3,(H,35,39)/t32-/m1/s1. The highest BCUT2D eigenvalue weighted by molar-refractivity contribution is 7.89. The number of hydrogen-bond donors (Lipinski definition) is 1. The van der Waals surface area contributed by atoms with E-state index >= 15 is 0 Å². The third-order valence-electron chi connectivity index (χ3n) is 7.48. The van der Waals surface area contributed by atoms with Gasteiger partial charge in [0.05, 0.1) is 4.90 Å². The zero-order chi connectivity index (χ0) is 30.7. The molecule has 0 unspecified atom stereocenters. The molecule has 0 aromatic heterocycles. The van der Waals surface area contributed by atoms with Gasteiger partial charge in [-0.2, -0.15) is 4.31 Å². The van der Waals surface area contributed by atoms with E-state index in [9.17, 15) is 18.0 Å². The number of carbonyl (C=O) groups excluding carboxylic acids is 2. The van der Waals surface area contributed by atoms with Crippen LogP contribution in [0.4, 0.5) is 0 Å². The van der Waals surface area contributed by atoms with Crippen molar-refractivity contribution in [1.82, 2.24) is 14.5 Å². The van der Waals surface area contributed by atoms with Crippen LogP contribution in [0.2, 0.25) is 5.02 Å². The van der Waals surface area contributed by atoms with Crippen LogP contribution in [0.5, 0.6) is 0 Å². The van der Waals surface area contributed by atoms with Gasteiger partial charge in [0.1, 0.15) is 6.04 Å². The van der Waals surface area contributed by atoms with Crippen LogP contribution in [0.15, 0.2) is 83.8 Å². The van der Waals surface area contributed by atoms with E-state index in [0.29, 0.717) is 56.3 Å². The Morgan fingerprint density at radius 1 is 0.953 bits per heavy atom. The molecule has 4 rings (SSSR count). The number of ether oxygens (including phenoxy) is 1. The van der Waals surface area contributed by atoms with E-state index in [0.717, 1.165) is 24.0 Å². The third kappa shape index (κ3) is 9.13. The van der Waals surface area contributed by atoms with Gasteiger partial charge in [-0.25, -0.2) is 8.42 Å². The predicted octanol–water partition coefficient (Wildman–Crippen LogP) is 5.37. The monoisotopic (exact) mass is 625 g/mol. The Morgan fingerprint density at radius 2 is 1.60 bits per heavy atom. The molecule has 0 spiro atoms. The summed E-state index contributed by atoms with van der Waals surface area (Å²) in [5.74, 6) is -0.455. The molecule has 3 aromatic rings. The molecule has 8 nitrogen and oxygen atoms in total. The predicted molar refractivity (Wildman–Crippen MR) is 168 cm³/mol. The van der Waals surface area contributed by atoms with Gasteiger partial charge in [0.2, 0.25) is 21.8 Å². The molecule has 0 bridgehead atoms. The SMILES string of the molecule is CCOCCCNC(=O)[C@@H](c1ccccc1)N(Cc1ccc(Cl)cc1)C(=O)CCc1ccc(S(=O)(=O)N2CCCC2)cc1.